The van der Waals surface area contributed by atoms with E-state index < -0.39 is 17.0 Å². The minimum Gasteiger partial charge on any atom is -0.503 e. The molecule has 1 aromatic heterocycles. The summed E-state index contributed by atoms with van der Waals surface area (Å²) in [6, 6.07) is 7.10. The predicted molar refractivity (Wildman–Crippen MR) is 72.3 cm³/mol. The highest BCUT2D eigenvalue weighted by Crippen LogP contribution is 2.15. The van der Waals surface area contributed by atoms with Crippen LogP contribution in [0.4, 0.5) is 0 Å². The zero-order valence-corrected chi connectivity index (χ0v) is 10.9. The summed E-state index contributed by atoms with van der Waals surface area (Å²) in [6.07, 6.45) is 1.56. The van der Waals surface area contributed by atoms with Gasteiger partial charge in [0.1, 0.15) is 0 Å². The number of benzene rings is 1. The van der Waals surface area contributed by atoms with Crippen molar-refractivity contribution in [1.82, 2.24) is 9.78 Å². The largest absolute Gasteiger partial charge is 0.503 e. The molecule has 6 heteroatoms. The number of hydrogen-bond acceptors (Lipinski definition) is 5. The first-order chi connectivity index (χ1) is 9.54. The Morgan fingerprint density at radius 3 is 2.70 bits per heavy atom. The van der Waals surface area contributed by atoms with E-state index in [0.717, 1.165) is 11.8 Å². The number of Topliss-reactive ketones (excluding diaryl/α,β-unsaturated/α-hetero) is 1. The van der Waals surface area contributed by atoms with Gasteiger partial charge in [0.05, 0.1) is 11.9 Å². The fourth-order valence-corrected chi connectivity index (χ4v) is 1.90. The molecule has 0 amide bonds. The van der Waals surface area contributed by atoms with E-state index in [4.69, 9.17) is 5.11 Å². The van der Waals surface area contributed by atoms with Crippen LogP contribution in [-0.2, 0) is 6.42 Å². The maximum atomic E-state index is 11.6. The zero-order chi connectivity index (χ0) is 14.7. The lowest BCUT2D eigenvalue weighted by molar-refractivity contribution is 0.100. The van der Waals surface area contributed by atoms with Crippen molar-refractivity contribution in [2.75, 3.05) is 6.61 Å². The van der Waals surface area contributed by atoms with Crippen molar-refractivity contribution in [2.45, 2.75) is 13.3 Å². The maximum Gasteiger partial charge on any atom is 0.252 e. The van der Waals surface area contributed by atoms with Gasteiger partial charge >= 0.3 is 0 Å². The topological polar surface area (TPSA) is 92.4 Å². The third kappa shape index (κ3) is 2.60. The van der Waals surface area contributed by atoms with E-state index in [2.05, 4.69) is 5.10 Å². The summed E-state index contributed by atoms with van der Waals surface area (Å²) in [7, 11) is 0. The number of para-hydroxylation sites is 1. The Bertz CT molecular complexity index is 707. The number of carbonyl (C=O) groups is 1. The van der Waals surface area contributed by atoms with E-state index in [1.54, 1.807) is 18.2 Å². The van der Waals surface area contributed by atoms with Gasteiger partial charge in [0.25, 0.3) is 5.43 Å². The second kappa shape index (κ2) is 5.66. The summed E-state index contributed by atoms with van der Waals surface area (Å²) in [5.41, 5.74) is 0.289. The second-order valence-electron chi connectivity index (χ2n) is 4.30. The number of nitrogens with zero attached hydrogens (tertiary/aromatic N) is 2. The van der Waals surface area contributed by atoms with Crippen molar-refractivity contribution in [1.29, 1.82) is 0 Å². The van der Waals surface area contributed by atoms with E-state index in [-0.39, 0.29) is 12.3 Å². The van der Waals surface area contributed by atoms with E-state index in [9.17, 15) is 14.7 Å². The lowest BCUT2D eigenvalue weighted by atomic mass is 10.1. The average molecular weight is 274 g/mol. The third-order valence-electron chi connectivity index (χ3n) is 2.85. The Morgan fingerprint density at radius 2 is 2.05 bits per heavy atom. The van der Waals surface area contributed by atoms with Gasteiger partial charge in [-0.05, 0) is 18.1 Å². The molecule has 2 rings (SSSR count). The smallest absolute Gasteiger partial charge is 0.252 e. The summed E-state index contributed by atoms with van der Waals surface area (Å²) < 4.78 is 1.28. The number of aliphatic hydroxyl groups excluding tert-OH is 1. The molecule has 6 nitrogen and oxygen atoms in total. The summed E-state index contributed by atoms with van der Waals surface area (Å²) in [5, 5.41) is 22.6. The molecule has 104 valence electrons. The first kappa shape index (κ1) is 14.0. The number of carbonyl (C=O) groups excluding carboxylic acids is 1. The Hall–Kier alpha value is -2.47. The molecule has 2 aromatic rings. The van der Waals surface area contributed by atoms with E-state index in [1.807, 2.05) is 6.07 Å². The number of aliphatic hydroxyl groups is 1. The van der Waals surface area contributed by atoms with Crippen LogP contribution in [0.15, 0.2) is 35.3 Å². The van der Waals surface area contributed by atoms with Gasteiger partial charge in [-0.2, -0.15) is 5.10 Å². The lowest BCUT2D eigenvalue weighted by Gasteiger charge is -2.11. The van der Waals surface area contributed by atoms with Crippen LogP contribution in [0, 0.1) is 0 Å². The molecule has 0 bridgehead atoms. The van der Waals surface area contributed by atoms with Crippen LogP contribution in [-0.4, -0.2) is 32.4 Å². The molecule has 0 unspecified atom stereocenters. The molecule has 1 heterocycles. The van der Waals surface area contributed by atoms with Crippen molar-refractivity contribution in [3.05, 3.63) is 51.9 Å². The first-order valence-electron chi connectivity index (χ1n) is 6.07. The second-order valence-corrected chi connectivity index (χ2v) is 4.30. The van der Waals surface area contributed by atoms with Gasteiger partial charge in [-0.15, -0.1) is 0 Å². The summed E-state index contributed by atoms with van der Waals surface area (Å²) in [5.74, 6) is -1.05. The Morgan fingerprint density at radius 1 is 1.35 bits per heavy atom. The zero-order valence-electron chi connectivity index (χ0n) is 10.9. The van der Waals surface area contributed by atoms with Gasteiger partial charge < -0.3 is 10.2 Å². The molecule has 0 radical (unpaired) electrons. The molecular weight excluding hydrogens is 260 g/mol. The molecule has 0 aliphatic rings. The van der Waals surface area contributed by atoms with Gasteiger partial charge in [0.15, 0.2) is 17.2 Å². The fraction of sp³-hybridized carbons (Fsp3) is 0.214. The quantitative estimate of drug-likeness (QED) is 0.800. The summed E-state index contributed by atoms with van der Waals surface area (Å²) >= 11 is 0. The SMILES string of the molecule is CC(=O)c1nn(-c2ccccc2CCO)cc(O)c1=O. The minimum atomic E-state index is -0.784. The normalized spacial score (nSPS) is 10.5. The molecule has 20 heavy (non-hydrogen) atoms. The maximum absolute atomic E-state index is 11.6. The molecule has 0 atom stereocenters. The van der Waals surface area contributed by atoms with Crippen molar-refractivity contribution < 1.29 is 15.0 Å². The number of ketones is 1. The molecule has 0 saturated carbocycles. The molecule has 0 aliphatic carbocycles. The first-order valence-corrected chi connectivity index (χ1v) is 6.07. The summed E-state index contributed by atoms with van der Waals surface area (Å²) in [6.45, 7) is 1.18. The standard InChI is InChI=1S/C14H14N2O4/c1-9(18)13-14(20)12(19)8-16(15-13)11-5-3-2-4-10(11)6-7-17/h2-5,8,17,19H,6-7H2,1H3. The predicted octanol–water partition coefficient (Wildman–Crippen LogP) is 0.675. The molecule has 2 N–H and O–H groups in total. The average Bonchev–Trinajstić information content (AvgIpc) is 2.42. The Labute approximate surface area is 114 Å². The van der Waals surface area contributed by atoms with E-state index in [0.29, 0.717) is 12.1 Å². The highest BCUT2D eigenvalue weighted by atomic mass is 16.3. The minimum absolute atomic E-state index is 0.0389. The molecule has 0 aliphatic heterocycles. The molecule has 1 aromatic carbocycles. The van der Waals surface area contributed by atoms with Crippen molar-refractivity contribution in [3.63, 3.8) is 0 Å². The van der Waals surface area contributed by atoms with Crippen molar-refractivity contribution >= 4 is 5.78 Å². The number of aromatic nitrogens is 2. The van der Waals surface area contributed by atoms with Crippen LogP contribution in [0.25, 0.3) is 5.69 Å². The van der Waals surface area contributed by atoms with Gasteiger partial charge in [-0.3, -0.25) is 9.59 Å². The van der Waals surface area contributed by atoms with Gasteiger partial charge in [-0.25, -0.2) is 4.68 Å². The molecule has 0 spiro atoms. The van der Waals surface area contributed by atoms with Crippen molar-refractivity contribution in [2.24, 2.45) is 0 Å². The van der Waals surface area contributed by atoms with Gasteiger partial charge in [-0.1, -0.05) is 18.2 Å². The Kier molecular flexibility index (Phi) is 3.95. The number of rotatable bonds is 4. The van der Waals surface area contributed by atoms with Gasteiger partial charge in [0, 0.05) is 13.5 Å². The highest BCUT2D eigenvalue weighted by Gasteiger charge is 2.14. The monoisotopic (exact) mass is 274 g/mol. The fourth-order valence-electron chi connectivity index (χ4n) is 1.90. The number of aromatic hydroxyl groups is 1. The van der Waals surface area contributed by atoms with E-state index >= 15 is 0 Å². The number of hydrogen-bond donors (Lipinski definition) is 2. The van der Waals surface area contributed by atoms with Crippen LogP contribution in [0.5, 0.6) is 5.75 Å². The van der Waals surface area contributed by atoms with E-state index in [1.165, 1.54) is 11.6 Å². The third-order valence-corrected chi connectivity index (χ3v) is 2.85. The molecular formula is C14H14N2O4. The highest BCUT2D eigenvalue weighted by molar-refractivity contribution is 5.92. The van der Waals surface area contributed by atoms with Crippen LogP contribution in [0.3, 0.4) is 0 Å². The molecule has 0 saturated heterocycles. The Balaban J connectivity index is 2.65. The van der Waals surface area contributed by atoms with Crippen LogP contribution in [0.2, 0.25) is 0 Å². The van der Waals surface area contributed by atoms with Gasteiger partial charge in [0.2, 0.25) is 0 Å². The van der Waals surface area contributed by atoms with Crippen LogP contribution >= 0.6 is 0 Å². The summed E-state index contributed by atoms with van der Waals surface area (Å²) in [4.78, 5) is 23.0. The van der Waals surface area contributed by atoms with Crippen molar-refractivity contribution in [3.8, 4) is 11.4 Å². The lowest BCUT2D eigenvalue weighted by Crippen LogP contribution is -2.20. The van der Waals surface area contributed by atoms with Crippen LogP contribution < -0.4 is 5.43 Å². The van der Waals surface area contributed by atoms with Crippen LogP contribution in [0.1, 0.15) is 23.0 Å². The molecule has 0 fully saturated rings.